The first-order chi connectivity index (χ1) is 2.91. The zero-order chi connectivity index (χ0) is 4.83. The molecule has 3 heteroatoms. The average molecular weight is 103 g/mol. The molecule has 0 aliphatic heterocycles. The fourth-order valence-electron chi connectivity index (χ4n) is 0.161. The van der Waals surface area contributed by atoms with E-state index < -0.39 is 0 Å². The maximum absolute atomic E-state index is 5.14. The van der Waals surface area contributed by atoms with Gasteiger partial charge in [0.1, 0.15) is 0 Å². The SMILES string of the molecule is CO[Si]CCN. The van der Waals surface area contributed by atoms with Gasteiger partial charge in [0.15, 0.2) is 0 Å². The summed E-state index contributed by atoms with van der Waals surface area (Å²) in [5.41, 5.74) is 5.14. The van der Waals surface area contributed by atoms with Crippen LogP contribution < -0.4 is 5.73 Å². The molecule has 0 aliphatic carbocycles. The van der Waals surface area contributed by atoms with Crippen LogP contribution in [0, 0.1) is 0 Å². The lowest BCUT2D eigenvalue weighted by molar-refractivity contribution is 0.441. The first kappa shape index (κ1) is 6.14. The van der Waals surface area contributed by atoms with Crippen molar-refractivity contribution in [1.82, 2.24) is 0 Å². The van der Waals surface area contributed by atoms with E-state index in [2.05, 4.69) is 0 Å². The van der Waals surface area contributed by atoms with Crippen LogP contribution in [-0.4, -0.2) is 23.4 Å². The van der Waals surface area contributed by atoms with Crippen LogP contribution in [-0.2, 0) is 4.43 Å². The highest BCUT2D eigenvalue weighted by molar-refractivity contribution is 6.27. The Kier molecular flexibility index (Phi) is 5.25. The van der Waals surface area contributed by atoms with E-state index >= 15 is 0 Å². The molecule has 0 aromatic rings. The van der Waals surface area contributed by atoms with Crippen molar-refractivity contribution in [2.45, 2.75) is 6.04 Å². The van der Waals surface area contributed by atoms with Crippen molar-refractivity contribution >= 4 is 9.76 Å². The van der Waals surface area contributed by atoms with Crippen LogP contribution in [0.25, 0.3) is 0 Å². The summed E-state index contributed by atoms with van der Waals surface area (Å²) < 4.78 is 4.73. The van der Waals surface area contributed by atoms with Gasteiger partial charge in [0.2, 0.25) is 9.76 Å². The minimum Gasteiger partial charge on any atom is -0.421 e. The lowest BCUT2D eigenvalue weighted by Crippen LogP contribution is -2.03. The minimum absolute atomic E-state index is 0.590. The second-order valence-corrected chi connectivity index (χ2v) is 2.08. The molecule has 2 N–H and O–H groups in total. The minimum atomic E-state index is 0.590. The van der Waals surface area contributed by atoms with Crippen LogP contribution in [0.1, 0.15) is 0 Å². The van der Waals surface area contributed by atoms with Gasteiger partial charge in [-0.05, 0) is 12.6 Å². The fourth-order valence-corrected chi connectivity index (χ4v) is 0.483. The number of rotatable bonds is 3. The molecular weight excluding hydrogens is 94.1 g/mol. The van der Waals surface area contributed by atoms with E-state index in [1.807, 2.05) is 0 Å². The van der Waals surface area contributed by atoms with E-state index in [-0.39, 0.29) is 0 Å². The molecule has 0 saturated heterocycles. The lowest BCUT2D eigenvalue weighted by Gasteiger charge is -1.86. The highest BCUT2D eigenvalue weighted by atomic mass is 28.2. The third-order valence-electron chi connectivity index (χ3n) is 0.391. The smallest absolute Gasteiger partial charge is 0.230 e. The number of nitrogens with two attached hydrogens (primary N) is 1. The van der Waals surface area contributed by atoms with Crippen molar-refractivity contribution in [1.29, 1.82) is 0 Å². The van der Waals surface area contributed by atoms with Gasteiger partial charge < -0.3 is 10.2 Å². The Morgan fingerprint density at radius 2 is 2.50 bits per heavy atom. The zero-order valence-corrected chi connectivity index (χ0v) is 4.90. The largest absolute Gasteiger partial charge is 0.421 e. The molecule has 0 saturated carbocycles. The van der Waals surface area contributed by atoms with Gasteiger partial charge in [-0.3, -0.25) is 0 Å². The van der Waals surface area contributed by atoms with Crippen molar-refractivity contribution in [2.24, 2.45) is 5.73 Å². The van der Waals surface area contributed by atoms with Crippen LogP contribution in [0.2, 0.25) is 6.04 Å². The summed E-state index contributed by atoms with van der Waals surface area (Å²) in [5.74, 6) is 0. The highest BCUT2D eigenvalue weighted by Gasteiger charge is 1.79. The van der Waals surface area contributed by atoms with E-state index in [9.17, 15) is 0 Å². The Labute approximate surface area is 40.6 Å². The van der Waals surface area contributed by atoms with Crippen LogP contribution in [0.5, 0.6) is 0 Å². The second-order valence-electron chi connectivity index (χ2n) is 0.887. The van der Waals surface area contributed by atoms with Gasteiger partial charge in [0.25, 0.3) is 0 Å². The van der Waals surface area contributed by atoms with Crippen molar-refractivity contribution in [3.63, 3.8) is 0 Å². The third-order valence-corrected chi connectivity index (χ3v) is 1.17. The van der Waals surface area contributed by atoms with Gasteiger partial charge >= 0.3 is 0 Å². The van der Waals surface area contributed by atoms with E-state index in [1.165, 1.54) is 0 Å². The summed E-state index contributed by atoms with van der Waals surface area (Å²) in [4.78, 5) is 0. The molecule has 0 aromatic heterocycles. The molecule has 2 radical (unpaired) electrons. The van der Waals surface area contributed by atoms with Gasteiger partial charge in [0.05, 0.1) is 0 Å². The Morgan fingerprint density at radius 3 is 2.67 bits per heavy atom. The van der Waals surface area contributed by atoms with Gasteiger partial charge in [-0.2, -0.15) is 0 Å². The van der Waals surface area contributed by atoms with Crippen molar-refractivity contribution in [3.05, 3.63) is 0 Å². The van der Waals surface area contributed by atoms with E-state index in [0.717, 1.165) is 12.6 Å². The quantitative estimate of drug-likeness (QED) is 0.390. The van der Waals surface area contributed by atoms with Gasteiger partial charge in [-0.1, -0.05) is 0 Å². The molecule has 0 aromatic carbocycles. The summed E-state index contributed by atoms with van der Waals surface area (Å²) in [6.45, 7) is 0.742. The van der Waals surface area contributed by atoms with Crippen molar-refractivity contribution in [3.8, 4) is 0 Å². The van der Waals surface area contributed by atoms with Gasteiger partial charge in [-0.15, -0.1) is 0 Å². The fraction of sp³-hybridized carbons (Fsp3) is 1.00. The van der Waals surface area contributed by atoms with Gasteiger partial charge in [-0.25, -0.2) is 0 Å². The van der Waals surface area contributed by atoms with Crippen molar-refractivity contribution in [2.75, 3.05) is 13.7 Å². The van der Waals surface area contributed by atoms with E-state index in [0.29, 0.717) is 9.76 Å². The molecule has 0 spiro atoms. The number of hydrogen-bond donors (Lipinski definition) is 1. The highest BCUT2D eigenvalue weighted by Crippen LogP contribution is 1.68. The molecule has 0 bridgehead atoms. The third kappa shape index (κ3) is 4.14. The summed E-state index contributed by atoms with van der Waals surface area (Å²) in [5, 5.41) is 0. The molecule has 2 nitrogen and oxygen atoms in total. The van der Waals surface area contributed by atoms with E-state index in [1.54, 1.807) is 7.11 Å². The monoisotopic (exact) mass is 103 g/mol. The summed E-state index contributed by atoms with van der Waals surface area (Å²) >= 11 is 0. The topological polar surface area (TPSA) is 35.2 Å². The maximum Gasteiger partial charge on any atom is 0.230 e. The van der Waals surface area contributed by atoms with Crippen LogP contribution in [0.15, 0.2) is 0 Å². The standard InChI is InChI=1S/C3H9NOSi/c1-5-6-3-2-4/h2-4H2,1H3. The van der Waals surface area contributed by atoms with Crippen LogP contribution in [0.3, 0.4) is 0 Å². The lowest BCUT2D eigenvalue weighted by atomic mass is 10.8. The molecule has 0 unspecified atom stereocenters. The molecule has 0 fully saturated rings. The predicted molar refractivity (Wildman–Crippen MR) is 26.6 cm³/mol. The average Bonchev–Trinajstić information content (AvgIpc) is 1.61. The molecule has 0 amide bonds. The maximum atomic E-state index is 5.14. The molecule has 0 aliphatic rings. The Bertz CT molecular complexity index is 22.8. The molecule has 0 heterocycles. The summed E-state index contributed by atoms with van der Waals surface area (Å²) in [6, 6.07) is 0.997. The first-order valence-electron chi connectivity index (χ1n) is 1.87. The van der Waals surface area contributed by atoms with Crippen LogP contribution >= 0.6 is 0 Å². The number of hydrogen-bond acceptors (Lipinski definition) is 2. The van der Waals surface area contributed by atoms with Gasteiger partial charge in [0, 0.05) is 7.11 Å². The summed E-state index contributed by atoms with van der Waals surface area (Å²) in [6.07, 6.45) is 0. The normalized spacial score (nSPS) is 9.00. The zero-order valence-electron chi connectivity index (χ0n) is 3.90. The Hall–Kier alpha value is 0.137. The summed E-state index contributed by atoms with van der Waals surface area (Å²) in [7, 11) is 2.28. The second kappa shape index (κ2) is 5.14. The molecular formula is C3H9NOSi. The first-order valence-corrected chi connectivity index (χ1v) is 2.99. The predicted octanol–water partition coefficient (Wildman–Crippen LogP) is -0.371. The van der Waals surface area contributed by atoms with Crippen molar-refractivity contribution < 1.29 is 4.43 Å². The van der Waals surface area contributed by atoms with E-state index in [4.69, 9.17) is 10.2 Å². The molecule has 36 valence electrons. The van der Waals surface area contributed by atoms with Crippen LogP contribution in [0.4, 0.5) is 0 Å². The Morgan fingerprint density at radius 1 is 1.83 bits per heavy atom. The molecule has 0 rings (SSSR count). The molecule has 6 heavy (non-hydrogen) atoms. The molecule has 0 atom stereocenters. The Balaban J connectivity index is 2.34.